The first-order valence-corrected chi connectivity index (χ1v) is 6.88. The second-order valence-corrected chi connectivity index (χ2v) is 5.29. The van der Waals surface area contributed by atoms with Crippen LogP contribution in [0.3, 0.4) is 0 Å². The predicted octanol–water partition coefficient (Wildman–Crippen LogP) is 3.58. The standard InChI is InChI=1S/C15H14INO2/c1-17(13-5-3-4-6-14(13)19-2)15(18)11-7-9-12(16)10-8-11/h3-10H,1-2H3. The molecule has 0 heterocycles. The maximum Gasteiger partial charge on any atom is 0.258 e. The zero-order valence-electron chi connectivity index (χ0n) is 10.8. The Balaban J connectivity index is 2.30. The van der Waals surface area contributed by atoms with E-state index in [1.165, 1.54) is 0 Å². The zero-order chi connectivity index (χ0) is 13.8. The Morgan fingerprint density at radius 1 is 1.11 bits per heavy atom. The van der Waals surface area contributed by atoms with Gasteiger partial charge in [-0.25, -0.2) is 0 Å². The SMILES string of the molecule is COc1ccccc1N(C)C(=O)c1ccc(I)cc1. The number of methoxy groups -OCH3 is 1. The Morgan fingerprint density at radius 2 is 1.74 bits per heavy atom. The largest absolute Gasteiger partial charge is 0.495 e. The first-order valence-electron chi connectivity index (χ1n) is 5.80. The molecule has 0 spiro atoms. The molecule has 0 aliphatic heterocycles. The summed E-state index contributed by atoms with van der Waals surface area (Å²) in [5.41, 5.74) is 1.42. The number of para-hydroxylation sites is 2. The summed E-state index contributed by atoms with van der Waals surface area (Å²) in [5, 5.41) is 0. The van der Waals surface area contributed by atoms with E-state index in [1.54, 1.807) is 19.1 Å². The van der Waals surface area contributed by atoms with Gasteiger partial charge in [-0.1, -0.05) is 12.1 Å². The second-order valence-electron chi connectivity index (χ2n) is 4.04. The van der Waals surface area contributed by atoms with Gasteiger partial charge in [-0.05, 0) is 59.0 Å². The summed E-state index contributed by atoms with van der Waals surface area (Å²) in [7, 11) is 3.35. The van der Waals surface area contributed by atoms with Crippen LogP contribution in [0.2, 0.25) is 0 Å². The normalized spacial score (nSPS) is 10.1. The van der Waals surface area contributed by atoms with Crippen molar-refractivity contribution >= 4 is 34.2 Å². The molecule has 2 rings (SSSR count). The van der Waals surface area contributed by atoms with Gasteiger partial charge in [-0.2, -0.15) is 0 Å². The van der Waals surface area contributed by atoms with Crippen LogP contribution in [0.1, 0.15) is 10.4 Å². The van der Waals surface area contributed by atoms with Crippen LogP contribution >= 0.6 is 22.6 Å². The minimum atomic E-state index is -0.0547. The molecule has 0 bridgehead atoms. The molecular weight excluding hydrogens is 353 g/mol. The highest BCUT2D eigenvalue weighted by atomic mass is 127. The summed E-state index contributed by atoms with van der Waals surface area (Å²) in [6.45, 7) is 0. The van der Waals surface area contributed by atoms with Crippen molar-refractivity contribution in [3.8, 4) is 5.75 Å². The molecule has 0 saturated carbocycles. The van der Waals surface area contributed by atoms with Crippen LogP contribution in [0.5, 0.6) is 5.75 Å². The molecule has 3 nitrogen and oxygen atoms in total. The van der Waals surface area contributed by atoms with E-state index < -0.39 is 0 Å². The lowest BCUT2D eigenvalue weighted by Gasteiger charge is -2.19. The molecular formula is C15H14INO2. The number of anilines is 1. The Morgan fingerprint density at radius 3 is 2.37 bits per heavy atom. The number of carbonyl (C=O) groups is 1. The highest BCUT2D eigenvalue weighted by Gasteiger charge is 2.16. The second kappa shape index (κ2) is 6.06. The summed E-state index contributed by atoms with van der Waals surface area (Å²) < 4.78 is 6.38. The highest BCUT2D eigenvalue weighted by Crippen LogP contribution is 2.27. The average Bonchev–Trinajstić information content (AvgIpc) is 2.46. The molecule has 0 radical (unpaired) electrons. The molecule has 2 aromatic rings. The number of halogens is 1. The number of hydrogen-bond donors (Lipinski definition) is 0. The van der Waals surface area contributed by atoms with Gasteiger partial charge >= 0.3 is 0 Å². The number of benzene rings is 2. The van der Waals surface area contributed by atoms with Crippen LogP contribution in [0.15, 0.2) is 48.5 Å². The number of amides is 1. The first kappa shape index (κ1) is 13.9. The predicted molar refractivity (Wildman–Crippen MR) is 84.9 cm³/mol. The fraction of sp³-hybridized carbons (Fsp3) is 0.133. The maximum atomic E-state index is 12.4. The summed E-state index contributed by atoms with van der Waals surface area (Å²) >= 11 is 2.22. The lowest BCUT2D eigenvalue weighted by molar-refractivity contribution is 0.0992. The van der Waals surface area contributed by atoms with Crippen molar-refractivity contribution in [2.24, 2.45) is 0 Å². The quantitative estimate of drug-likeness (QED) is 0.777. The van der Waals surface area contributed by atoms with Gasteiger partial charge < -0.3 is 9.64 Å². The van der Waals surface area contributed by atoms with Gasteiger partial charge in [-0.15, -0.1) is 0 Å². The van der Waals surface area contributed by atoms with Crippen molar-refractivity contribution in [1.29, 1.82) is 0 Å². The first-order chi connectivity index (χ1) is 9.13. The number of hydrogen-bond acceptors (Lipinski definition) is 2. The molecule has 0 saturated heterocycles. The number of nitrogens with zero attached hydrogens (tertiary/aromatic N) is 1. The third-order valence-electron chi connectivity index (χ3n) is 2.84. The van der Waals surface area contributed by atoms with E-state index in [0.29, 0.717) is 11.3 Å². The molecule has 0 aliphatic carbocycles. The van der Waals surface area contributed by atoms with Crippen molar-refractivity contribution in [2.45, 2.75) is 0 Å². The molecule has 0 unspecified atom stereocenters. The van der Waals surface area contributed by atoms with Gasteiger partial charge in [0.1, 0.15) is 5.75 Å². The van der Waals surface area contributed by atoms with Gasteiger partial charge in [0.15, 0.2) is 0 Å². The van der Waals surface area contributed by atoms with Crippen LogP contribution in [0, 0.1) is 3.57 Å². The summed E-state index contributed by atoms with van der Waals surface area (Å²) in [4.78, 5) is 14.0. The summed E-state index contributed by atoms with van der Waals surface area (Å²) in [6.07, 6.45) is 0. The van der Waals surface area contributed by atoms with Gasteiger partial charge in [0, 0.05) is 16.2 Å². The Hall–Kier alpha value is -1.56. The van der Waals surface area contributed by atoms with E-state index in [9.17, 15) is 4.79 Å². The van der Waals surface area contributed by atoms with Crippen molar-refractivity contribution in [3.05, 3.63) is 57.7 Å². The minimum absolute atomic E-state index is 0.0547. The van der Waals surface area contributed by atoms with Crippen molar-refractivity contribution < 1.29 is 9.53 Å². The molecule has 19 heavy (non-hydrogen) atoms. The number of carbonyl (C=O) groups excluding carboxylic acids is 1. The molecule has 0 aromatic heterocycles. The van der Waals surface area contributed by atoms with E-state index in [1.807, 2.05) is 48.5 Å². The Bertz CT molecular complexity index is 581. The number of rotatable bonds is 3. The van der Waals surface area contributed by atoms with Crippen LogP contribution in [-0.2, 0) is 0 Å². The van der Waals surface area contributed by atoms with Gasteiger partial charge in [-0.3, -0.25) is 4.79 Å². The van der Waals surface area contributed by atoms with Crippen LogP contribution in [-0.4, -0.2) is 20.1 Å². The highest BCUT2D eigenvalue weighted by molar-refractivity contribution is 14.1. The molecule has 98 valence electrons. The molecule has 0 atom stereocenters. The molecule has 2 aromatic carbocycles. The van der Waals surface area contributed by atoms with Gasteiger partial charge in [0.2, 0.25) is 0 Å². The molecule has 0 N–H and O–H groups in total. The van der Waals surface area contributed by atoms with Crippen LogP contribution < -0.4 is 9.64 Å². The van der Waals surface area contributed by atoms with Gasteiger partial charge in [0.05, 0.1) is 12.8 Å². The van der Waals surface area contributed by atoms with E-state index in [2.05, 4.69) is 22.6 Å². The molecule has 4 heteroatoms. The molecule has 1 amide bonds. The molecule has 0 aliphatic rings. The number of ether oxygens (including phenoxy) is 1. The fourth-order valence-corrected chi connectivity index (χ4v) is 2.16. The summed E-state index contributed by atoms with van der Waals surface area (Å²) in [5.74, 6) is 0.629. The smallest absolute Gasteiger partial charge is 0.258 e. The summed E-state index contributed by atoms with van der Waals surface area (Å²) in [6, 6.07) is 15.0. The lowest BCUT2D eigenvalue weighted by atomic mass is 10.2. The maximum absolute atomic E-state index is 12.4. The van der Waals surface area contributed by atoms with Crippen LogP contribution in [0.4, 0.5) is 5.69 Å². The third kappa shape index (κ3) is 3.07. The van der Waals surface area contributed by atoms with E-state index >= 15 is 0 Å². The van der Waals surface area contributed by atoms with E-state index in [0.717, 1.165) is 9.26 Å². The van der Waals surface area contributed by atoms with Crippen molar-refractivity contribution in [3.63, 3.8) is 0 Å². The Kier molecular flexibility index (Phi) is 4.42. The average molecular weight is 367 g/mol. The van der Waals surface area contributed by atoms with Crippen molar-refractivity contribution in [2.75, 3.05) is 19.1 Å². The Labute approximate surface area is 126 Å². The third-order valence-corrected chi connectivity index (χ3v) is 3.56. The lowest BCUT2D eigenvalue weighted by Crippen LogP contribution is -2.26. The molecule has 0 fully saturated rings. The van der Waals surface area contributed by atoms with E-state index in [-0.39, 0.29) is 5.91 Å². The van der Waals surface area contributed by atoms with Gasteiger partial charge in [0.25, 0.3) is 5.91 Å². The van der Waals surface area contributed by atoms with E-state index in [4.69, 9.17) is 4.74 Å². The zero-order valence-corrected chi connectivity index (χ0v) is 12.9. The topological polar surface area (TPSA) is 29.5 Å². The monoisotopic (exact) mass is 367 g/mol. The fourth-order valence-electron chi connectivity index (χ4n) is 1.80. The van der Waals surface area contributed by atoms with Crippen molar-refractivity contribution in [1.82, 2.24) is 0 Å². The van der Waals surface area contributed by atoms with Crippen LogP contribution in [0.25, 0.3) is 0 Å². The minimum Gasteiger partial charge on any atom is -0.495 e.